The molecule has 1 atom stereocenters. The van der Waals surface area contributed by atoms with Gasteiger partial charge in [0.05, 0.1) is 0 Å². The van der Waals surface area contributed by atoms with E-state index in [1.807, 2.05) is 0 Å². The van der Waals surface area contributed by atoms with Crippen molar-refractivity contribution >= 4 is 6.29 Å². The summed E-state index contributed by atoms with van der Waals surface area (Å²) in [6.07, 6.45) is -3.90. The van der Waals surface area contributed by atoms with Crippen LogP contribution in [0.3, 0.4) is 0 Å². The Morgan fingerprint density at radius 1 is 1.20 bits per heavy atom. The molecule has 1 unspecified atom stereocenters. The maximum atomic E-state index is 12.7. The first-order valence-electron chi connectivity index (χ1n) is 4.04. The van der Waals surface area contributed by atoms with Crippen molar-refractivity contribution in [3.8, 4) is 0 Å². The Hall–Kier alpha value is -1.36. The zero-order valence-corrected chi connectivity index (χ0v) is 7.84. The molecule has 1 aromatic carbocycles. The molecular weight excluding hydrogens is 209 g/mol. The Morgan fingerprint density at radius 2 is 1.73 bits per heavy atom. The number of alkyl halides is 3. The highest BCUT2D eigenvalue weighted by Gasteiger charge is 2.58. The maximum Gasteiger partial charge on any atom is 0.429 e. The van der Waals surface area contributed by atoms with Gasteiger partial charge in [-0.3, -0.25) is 4.79 Å². The molecule has 0 heterocycles. The summed E-state index contributed by atoms with van der Waals surface area (Å²) < 4.78 is 42.3. The van der Waals surface area contributed by atoms with Crippen molar-refractivity contribution in [2.45, 2.75) is 11.8 Å². The standard InChI is InChI=1S/C10H8F3O2/c1-15-9(7-14,10(11,12)13)8-5-3-2-4-6-8/h2-6H,1H3. The van der Waals surface area contributed by atoms with E-state index in [0.29, 0.717) is 0 Å². The number of ether oxygens (including phenoxy) is 1. The number of halogens is 3. The minimum Gasteiger partial charge on any atom is -0.357 e. The molecule has 0 saturated carbocycles. The Labute approximate surface area is 84.7 Å². The topological polar surface area (TPSA) is 26.3 Å². The summed E-state index contributed by atoms with van der Waals surface area (Å²) in [5.41, 5.74) is -3.27. The number of methoxy groups -OCH3 is 1. The SMILES string of the molecule is COC([C]=O)(c1ccccc1)C(F)(F)F. The van der Waals surface area contributed by atoms with E-state index < -0.39 is 11.8 Å². The molecule has 0 aliphatic rings. The molecule has 0 amide bonds. The first-order chi connectivity index (χ1) is 6.98. The average Bonchev–Trinajstić information content (AvgIpc) is 2.20. The smallest absolute Gasteiger partial charge is 0.357 e. The van der Waals surface area contributed by atoms with Crippen LogP contribution in [0.15, 0.2) is 30.3 Å². The number of carbonyl (C=O) groups excluding carboxylic acids is 1. The molecule has 81 valence electrons. The van der Waals surface area contributed by atoms with Crippen LogP contribution in [0.5, 0.6) is 0 Å². The Balaban J connectivity index is 3.30. The first-order valence-corrected chi connectivity index (χ1v) is 4.04. The van der Waals surface area contributed by atoms with E-state index in [1.165, 1.54) is 24.3 Å². The summed E-state index contributed by atoms with van der Waals surface area (Å²) in [5, 5.41) is 0. The highest BCUT2D eigenvalue weighted by Crippen LogP contribution is 2.39. The molecule has 2 nitrogen and oxygen atoms in total. The molecule has 0 fully saturated rings. The van der Waals surface area contributed by atoms with Gasteiger partial charge >= 0.3 is 6.18 Å². The van der Waals surface area contributed by atoms with Crippen LogP contribution in [0.1, 0.15) is 5.56 Å². The molecule has 0 aromatic heterocycles. The molecule has 0 aliphatic carbocycles. The van der Waals surface area contributed by atoms with Gasteiger partial charge in [0.15, 0.2) is 0 Å². The summed E-state index contributed by atoms with van der Waals surface area (Å²) in [6.45, 7) is 0. The summed E-state index contributed by atoms with van der Waals surface area (Å²) in [7, 11) is 0.825. The number of rotatable bonds is 3. The normalized spacial score (nSPS) is 15.7. The molecule has 15 heavy (non-hydrogen) atoms. The van der Waals surface area contributed by atoms with Crippen LogP contribution in [0, 0.1) is 0 Å². The number of benzene rings is 1. The third-order valence-corrected chi connectivity index (χ3v) is 2.03. The van der Waals surface area contributed by atoms with Crippen molar-refractivity contribution in [3.63, 3.8) is 0 Å². The van der Waals surface area contributed by atoms with E-state index in [4.69, 9.17) is 0 Å². The summed E-state index contributed by atoms with van der Waals surface area (Å²) in [5.74, 6) is 0. The van der Waals surface area contributed by atoms with Gasteiger partial charge in [0.1, 0.15) is 0 Å². The highest BCUT2D eigenvalue weighted by atomic mass is 19.4. The van der Waals surface area contributed by atoms with Crippen molar-refractivity contribution < 1.29 is 22.7 Å². The average molecular weight is 217 g/mol. The lowest BCUT2D eigenvalue weighted by Crippen LogP contribution is -2.45. The van der Waals surface area contributed by atoms with E-state index >= 15 is 0 Å². The first kappa shape index (κ1) is 11.7. The third kappa shape index (κ3) is 1.87. The van der Waals surface area contributed by atoms with E-state index in [-0.39, 0.29) is 5.56 Å². The molecule has 1 rings (SSSR count). The second-order valence-corrected chi connectivity index (χ2v) is 2.85. The fourth-order valence-electron chi connectivity index (χ4n) is 1.23. The third-order valence-electron chi connectivity index (χ3n) is 2.03. The minimum atomic E-state index is -4.83. The zero-order valence-electron chi connectivity index (χ0n) is 7.84. The van der Waals surface area contributed by atoms with Crippen LogP contribution in [0.25, 0.3) is 0 Å². The fourth-order valence-corrected chi connectivity index (χ4v) is 1.23. The monoisotopic (exact) mass is 217 g/mol. The van der Waals surface area contributed by atoms with Crippen LogP contribution in [-0.2, 0) is 15.1 Å². The summed E-state index contributed by atoms with van der Waals surface area (Å²) in [6, 6.07) is 6.67. The van der Waals surface area contributed by atoms with Gasteiger partial charge in [-0.05, 0) is 0 Å². The molecule has 0 bridgehead atoms. The van der Waals surface area contributed by atoms with E-state index in [9.17, 15) is 18.0 Å². The zero-order chi connectivity index (χ0) is 11.5. The van der Waals surface area contributed by atoms with Crippen LogP contribution >= 0.6 is 0 Å². The molecular formula is C10H8F3O2. The molecule has 0 N–H and O–H groups in total. The number of hydrogen-bond acceptors (Lipinski definition) is 2. The fraction of sp³-hybridized carbons (Fsp3) is 0.300. The van der Waals surface area contributed by atoms with Gasteiger partial charge in [-0.15, -0.1) is 0 Å². The van der Waals surface area contributed by atoms with E-state index in [0.717, 1.165) is 13.4 Å². The molecule has 0 spiro atoms. The van der Waals surface area contributed by atoms with Crippen LogP contribution < -0.4 is 0 Å². The van der Waals surface area contributed by atoms with Gasteiger partial charge < -0.3 is 4.74 Å². The maximum absolute atomic E-state index is 12.7. The summed E-state index contributed by atoms with van der Waals surface area (Å²) >= 11 is 0. The van der Waals surface area contributed by atoms with Gasteiger partial charge in [-0.1, -0.05) is 30.3 Å². The van der Waals surface area contributed by atoms with Gasteiger partial charge in [-0.2, -0.15) is 13.2 Å². The van der Waals surface area contributed by atoms with Gasteiger partial charge in [0.2, 0.25) is 6.29 Å². The second-order valence-electron chi connectivity index (χ2n) is 2.85. The quantitative estimate of drug-likeness (QED) is 0.775. The highest BCUT2D eigenvalue weighted by molar-refractivity contribution is 5.68. The van der Waals surface area contributed by atoms with Gasteiger partial charge in [0.25, 0.3) is 5.60 Å². The largest absolute Gasteiger partial charge is 0.429 e. The van der Waals surface area contributed by atoms with Crippen molar-refractivity contribution in [1.82, 2.24) is 0 Å². The van der Waals surface area contributed by atoms with Crippen molar-refractivity contribution in [1.29, 1.82) is 0 Å². The Morgan fingerprint density at radius 3 is 2.07 bits per heavy atom. The Bertz CT molecular complexity index is 334. The lowest BCUT2D eigenvalue weighted by Gasteiger charge is -2.28. The summed E-state index contributed by atoms with van der Waals surface area (Å²) in [4.78, 5) is 10.5. The van der Waals surface area contributed by atoms with Crippen molar-refractivity contribution in [2.75, 3.05) is 7.11 Å². The predicted molar refractivity (Wildman–Crippen MR) is 46.9 cm³/mol. The Kier molecular flexibility index (Phi) is 3.14. The van der Waals surface area contributed by atoms with Gasteiger partial charge in [-0.25, -0.2) is 0 Å². The van der Waals surface area contributed by atoms with Crippen LogP contribution in [0.4, 0.5) is 13.2 Å². The van der Waals surface area contributed by atoms with Crippen molar-refractivity contribution in [3.05, 3.63) is 35.9 Å². The molecule has 0 aliphatic heterocycles. The van der Waals surface area contributed by atoms with Crippen LogP contribution in [0.2, 0.25) is 0 Å². The predicted octanol–water partition coefficient (Wildman–Crippen LogP) is 2.20. The van der Waals surface area contributed by atoms with E-state index in [1.54, 1.807) is 6.07 Å². The van der Waals surface area contributed by atoms with E-state index in [2.05, 4.69) is 4.74 Å². The molecule has 0 saturated heterocycles. The lowest BCUT2D eigenvalue weighted by molar-refractivity contribution is -0.245. The van der Waals surface area contributed by atoms with Gasteiger partial charge in [0, 0.05) is 12.7 Å². The lowest BCUT2D eigenvalue weighted by atomic mass is 9.94. The molecule has 1 radical (unpaired) electrons. The van der Waals surface area contributed by atoms with Crippen LogP contribution in [-0.4, -0.2) is 19.6 Å². The second kappa shape index (κ2) is 4.02. The van der Waals surface area contributed by atoms with Crippen molar-refractivity contribution in [2.24, 2.45) is 0 Å². The molecule has 1 aromatic rings. The number of hydrogen-bond donors (Lipinski definition) is 0. The molecule has 5 heteroatoms. The minimum absolute atomic E-state index is 0.282.